The molecule has 0 bridgehead atoms. The number of nitrogens with two attached hydrogens (primary N) is 1. The van der Waals surface area contributed by atoms with Crippen molar-refractivity contribution in [3.05, 3.63) is 23.3 Å². The van der Waals surface area contributed by atoms with Gasteiger partial charge in [-0.3, -0.25) is 4.79 Å². The molecule has 0 aromatic rings. The highest BCUT2D eigenvalue weighted by Gasteiger charge is 2.09. The average Bonchev–Trinajstić information content (AvgIpc) is 2.27. The van der Waals surface area contributed by atoms with Gasteiger partial charge >= 0.3 is 0 Å². The number of carbonyl (C=O) groups excluding carboxylic acids is 1. The van der Waals surface area contributed by atoms with Crippen LogP contribution in [-0.4, -0.2) is 30.2 Å². The van der Waals surface area contributed by atoms with Crippen molar-refractivity contribution in [1.82, 2.24) is 5.32 Å². The molecule has 0 spiro atoms. The molecule has 4 nitrogen and oxygen atoms in total. The summed E-state index contributed by atoms with van der Waals surface area (Å²) in [5, 5.41) is 11.3. The number of carbonyl (C=O) groups is 1. The van der Waals surface area contributed by atoms with Crippen molar-refractivity contribution in [3.8, 4) is 0 Å². The van der Waals surface area contributed by atoms with E-state index >= 15 is 0 Å². The maximum absolute atomic E-state index is 11.2. The first-order chi connectivity index (χ1) is 7.97. The van der Waals surface area contributed by atoms with Gasteiger partial charge in [0.15, 0.2) is 0 Å². The van der Waals surface area contributed by atoms with Crippen molar-refractivity contribution in [2.24, 2.45) is 5.73 Å². The summed E-state index contributed by atoms with van der Waals surface area (Å²) in [4.78, 5) is 11.2. The van der Waals surface area contributed by atoms with E-state index in [-0.39, 0.29) is 12.5 Å². The lowest BCUT2D eigenvalue weighted by molar-refractivity contribution is -0.122. The number of rotatable bonds is 7. The van der Waals surface area contributed by atoms with E-state index in [1.165, 1.54) is 11.1 Å². The SMILES string of the molecule is CC(C)=CCC/C(C)=C/CNC(=O)[C@@H](N)CO. The Labute approximate surface area is 104 Å². The van der Waals surface area contributed by atoms with Gasteiger partial charge in [-0.05, 0) is 33.6 Å². The van der Waals surface area contributed by atoms with Gasteiger partial charge in [0.1, 0.15) is 6.04 Å². The van der Waals surface area contributed by atoms with Crippen LogP contribution in [-0.2, 0) is 4.79 Å². The standard InChI is InChI=1S/C13H24N2O2/c1-10(2)5-4-6-11(3)7-8-15-13(17)12(14)9-16/h5,7,12,16H,4,6,8-9,14H2,1-3H3,(H,15,17)/b11-7+/t12-/m0/s1. The predicted octanol–water partition coefficient (Wildman–Crippen LogP) is 1.11. The van der Waals surface area contributed by atoms with Gasteiger partial charge in [0.25, 0.3) is 0 Å². The molecule has 0 aromatic heterocycles. The second-order valence-corrected chi connectivity index (χ2v) is 4.40. The number of amides is 1. The Kier molecular flexibility index (Phi) is 8.36. The molecule has 0 saturated heterocycles. The molecule has 0 heterocycles. The molecular formula is C13H24N2O2. The van der Waals surface area contributed by atoms with Crippen molar-refractivity contribution >= 4 is 5.91 Å². The third kappa shape index (κ3) is 8.65. The lowest BCUT2D eigenvalue weighted by Gasteiger charge is -2.07. The Bertz CT molecular complexity index is 292. The molecule has 98 valence electrons. The van der Waals surface area contributed by atoms with Gasteiger partial charge in [0.2, 0.25) is 5.91 Å². The number of nitrogens with one attached hydrogen (secondary N) is 1. The van der Waals surface area contributed by atoms with Crippen molar-refractivity contribution in [2.45, 2.75) is 39.7 Å². The number of aliphatic hydroxyl groups is 1. The molecule has 0 aliphatic rings. The molecule has 1 amide bonds. The Morgan fingerprint density at radius 2 is 2.00 bits per heavy atom. The number of hydrogen-bond acceptors (Lipinski definition) is 3. The molecule has 0 aliphatic carbocycles. The summed E-state index contributed by atoms with van der Waals surface area (Å²) in [6, 6.07) is -0.825. The van der Waals surface area contributed by atoms with Crippen molar-refractivity contribution in [2.75, 3.05) is 13.2 Å². The Hall–Kier alpha value is -1.13. The molecule has 0 rings (SSSR count). The van der Waals surface area contributed by atoms with Crippen LogP contribution < -0.4 is 11.1 Å². The van der Waals surface area contributed by atoms with Gasteiger partial charge in [-0.2, -0.15) is 0 Å². The third-order valence-corrected chi connectivity index (χ3v) is 2.35. The lowest BCUT2D eigenvalue weighted by Crippen LogP contribution is -2.43. The first-order valence-electron chi connectivity index (χ1n) is 5.90. The van der Waals surface area contributed by atoms with E-state index in [1.807, 2.05) is 13.0 Å². The Balaban J connectivity index is 3.84. The zero-order valence-electron chi connectivity index (χ0n) is 11.0. The molecule has 17 heavy (non-hydrogen) atoms. The molecule has 4 N–H and O–H groups in total. The quantitative estimate of drug-likeness (QED) is 0.584. The van der Waals surface area contributed by atoms with E-state index in [4.69, 9.17) is 10.8 Å². The summed E-state index contributed by atoms with van der Waals surface area (Å²) in [6.07, 6.45) is 6.18. The zero-order chi connectivity index (χ0) is 13.3. The van der Waals surface area contributed by atoms with Crippen molar-refractivity contribution in [3.63, 3.8) is 0 Å². The van der Waals surface area contributed by atoms with Crippen LogP contribution in [0.5, 0.6) is 0 Å². The van der Waals surface area contributed by atoms with E-state index in [9.17, 15) is 4.79 Å². The monoisotopic (exact) mass is 240 g/mol. The van der Waals surface area contributed by atoms with Gasteiger partial charge in [-0.1, -0.05) is 23.3 Å². The highest BCUT2D eigenvalue weighted by Crippen LogP contribution is 2.05. The van der Waals surface area contributed by atoms with Crippen LogP contribution in [0.25, 0.3) is 0 Å². The fourth-order valence-corrected chi connectivity index (χ4v) is 1.23. The van der Waals surface area contributed by atoms with Crippen LogP contribution in [0.4, 0.5) is 0 Å². The molecule has 0 unspecified atom stereocenters. The van der Waals surface area contributed by atoms with Crippen LogP contribution in [0, 0.1) is 0 Å². The average molecular weight is 240 g/mol. The minimum Gasteiger partial charge on any atom is -0.394 e. The first kappa shape index (κ1) is 15.9. The fourth-order valence-electron chi connectivity index (χ4n) is 1.23. The molecule has 4 heteroatoms. The summed E-state index contributed by atoms with van der Waals surface area (Å²) in [6.45, 7) is 6.34. The number of aliphatic hydroxyl groups excluding tert-OH is 1. The van der Waals surface area contributed by atoms with E-state index < -0.39 is 6.04 Å². The van der Waals surface area contributed by atoms with Crippen LogP contribution in [0.2, 0.25) is 0 Å². The first-order valence-corrected chi connectivity index (χ1v) is 5.90. The molecule has 0 radical (unpaired) electrons. The van der Waals surface area contributed by atoms with Crippen molar-refractivity contribution in [1.29, 1.82) is 0 Å². The topological polar surface area (TPSA) is 75.4 Å². The van der Waals surface area contributed by atoms with E-state index in [2.05, 4.69) is 25.2 Å². The van der Waals surface area contributed by atoms with E-state index in [0.717, 1.165) is 12.8 Å². The minimum atomic E-state index is -0.825. The van der Waals surface area contributed by atoms with Gasteiger partial charge < -0.3 is 16.2 Å². The maximum atomic E-state index is 11.2. The summed E-state index contributed by atoms with van der Waals surface area (Å²) in [5.41, 5.74) is 7.91. The maximum Gasteiger partial charge on any atom is 0.239 e. The van der Waals surface area contributed by atoms with E-state index in [1.54, 1.807) is 0 Å². The van der Waals surface area contributed by atoms with Gasteiger partial charge in [-0.15, -0.1) is 0 Å². The lowest BCUT2D eigenvalue weighted by atomic mass is 10.1. The highest BCUT2D eigenvalue weighted by molar-refractivity contribution is 5.81. The van der Waals surface area contributed by atoms with Gasteiger partial charge in [0.05, 0.1) is 6.61 Å². The smallest absolute Gasteiger partial charge is 0.239 e. The Morgan fingerprint density at radius 3 is 2.53 bits per heavy atom. The molecule has 0 saturated carbocycles. The molecule has 0 fully saturated rings. The summed E-state index contributed by atoms with van der Waals surface area (Å²) < 4.78 is 0. The van der Waals surface area contributed by atoms with Crippen LogP contribution >= 0.6 is 0 Å². The van der Waals surface area contributed by atoms with Crippen molar-refractivity contribution < 1.29 is 9.90 Å². The molecule has 1 atom stereocenters. The zero-order valence-corrected chi connectivity index (χ0v) is 11.0. The second-order valence-electron chi connectivity index (χ2n) is 4.40. The third-order valence-electron chi connectivity index (χ3n) is 2.35. The van der Waals surface area contributed by atoms with E-state index in [0.29, 0.717) is 6.54 Å². The molecule has 0 aromatic carbocycles. The summed E-state index contributed by atoms with van der Waals surface area (Å²) >= 11 is 0. The summed E-state index contributed by atoms with van der Waals surface area (Å²) in [5.74, 6) is -0.319. The number of allylic oxidation sites excluding steroid dienone is 3. The van der Waals surface area contributed by atoms with Gasteiger partial charge in [-0.25, -0.2) is 0 Å². The summed E-state index contributed by atoms with van der Waals surface area (Å²) in [7, 11) is 0. The van der Waals surface area contributed by atoms with Gasteiger partial charge in [0, 0.05) is 6.54 Å². The van der Waals surface area contributed by atoms with Crippen LogP contribution in [0.1, 0.15) is 33.6 Å². The van der Waals surface area contributed by atoms with Crippen LogP contribution in [0.3, 0.4) is 0 Å². The highest BCUT2D eigenvalue weighted by atomic mass is 16.3. The molecule has 0 aliphatic heterocycles. The number of hydrogen-bond donors (Lipinski definition) is 3. The molecular weight excluding hydrogens is 216 g/mol. The minimum absolute atomic E-state index is 0.319. The normalized spacial score (nSPS) is 13.1. The van der Waals surface area contributed by atoms with Crippen LogP contribution in [0.15, 0.2) is 23.3 Å². The largest absolute Gasteiger partial charge is 0.394 e. The Morgan fingerprint density at radius 1 is 1.35 bits per heavy atom. The second kappa shape index (κ2) is 8.96. The predicted molar refractivity (Wildman–Crippen MR) is 70.5 cm³/mol. The fraction of sp³-hybridized carbons (Fsp3) is 0.615.